The van der Waals surface area contributed by atoms with Crippen LogP contribution in [0, 0.1) is 0 Å². The number of nitrogens with one attached hydrogen (secondary N) is 1. The van der Waals surface area contributed by atoms with Crippen molar-refractivity contribution in [1.82, 2.24) is 10.3 Å². The minimum atomic E-state index is -4.52. The first-order valence-electron chi connectivity index (χ1n) is 6.36. The first-order chi connectivity index (χ1) is 9.56. The van der Waals surface area contributed by atoms with Gasteiger partial charge in [0.05, 0.1) is 17.9 Å². The first-order valence-corrected chi connectivity index (χ1v) is 6.36. The monoisotopic (exact) mass is 305 g/mol. The van der Waals surface area contributed by atoms with Gasteiger partial charge in [0.1, 0.15) is 11.4 Å². The van der Waals surface area contributed by atoms with Crippen LogP contribution in [0.15, 0.2) is 18.3 Å². The smallest absolute Gasteiger partial charge is 0.333 e. The van der Waals surface area contributed by atoms with Crippen LogP contribution < -0.4 is 10.2 Å². The van der Waals surface area contributed by atoms with E-state index >= 15 is 0 Å². The van der Waals surface area contributed by atoms with E-state index in [0.29, 0.717) is 0 Å². The number of alkyl halides is 4. The minimum absolute atomic E-state index is 0.128. The highest BCUT2D eigenvalue weighted by molar-refractivity contribution is 5.94. The van der Waals surface area contributed by atoms with Crippen LogP contribution in [-0.4, -0.2) is 29.3 Å². The van der Waals surface area contributed by atoms with Crippen LogP contribution in [0.5, 0.6) is 0 Å². The molecule has 0 aromatic carbocycles. The lowest BCUT2D eigenvalue weighted by atomic mass is 10.0. The Bertz CT molecular complexity index is 522. The predicted molar refractivity (Wildman–Crippen MR) is 68.7 cm³/mol. The summed E-state index contributed by atoms with van der Waals surface area (Å²) in [5.74, 6) is 0. The van der Waals surface area contributed by atoms with Gasteiger partial charge in [-0.05, 0) is 26.0 Å². The topological polar surface area (TPSA) is 45.2 Å². The summed E-state index contributed by atoms with van der Waals surface area (Å²) in [6.45, 7) is 3.00. The number of hydrogen-bond donors (Lipinski definition) is 1. The van der Waals surface area contributed by atoms with Crippen LogP contribution >= 0.6 is 0 Å². The fourth-order valence-corrected chi connectivity index (χ4v) is 2.24. The van der Waals surface area contributed by atoms with E-state index in [-0.39, 0.29) is 24.7 Å². The van der Waals surface area contributed by atoms with Gasteiger partial charge < -0.3 is 5.32 Å². The second kappa shape index (κ2) is 5.16. The maximum atomic E-state index is 13.6. The summed E-state index contributed by atoms with van der Waals surface area (Å²) < 4.78 is 50.8. The molecule has 2 amide bonds. The molecule has 2 rings (SSSR count). The number of carbonyl (C=O) groups excluding carboxylic acids is 1. The average molecular weight is 305 g/mol. The molecule has 1 aromatic rings. The number of aromatic nitrogens is 1. The summed E-state index contributed by atoms with van der Waals surface area (Å²) in [7, 11) is 0. The minimum Gasteiger partial charge on any atom is -0.333 e. The zero-order chi connectivity index (χ0) is 15.8. The molecule has 0 saturated carbocycles. The molecule has 0 aliphatic carbocycles. The molecule has 1 aliphatic heterocycles. The van der Waals surface area contributed by atoms with Gasteiger partial charge in [-0.1, -0.05) is 0 Å². The van der Waals surface area contributed by atoms with Crippen LogP contribution in [0.2, 0.25) is 0 Å². The molecular weight excluding hydrogens is 290 g/mol. The highest BCUT2D eigenvalue weighted by atomic mass is 19.4. The van der Waals surface area contributed by atoms with Gasteiger partial charge in [-0.2, -0.15) is 13.2 Å². The van der Waals surface area contributed by atoms with Gasteiger partial charge >= 0.3 is 12.2 Å². The molecule has 0 spiro atoms. The Kier molecular flexibility index (Phi) is 3.81. The van der Waals surface area contributed by atoms with Crippen LogP contribution in [-0.2, 0) is 6.18 Å². The summed E-state index contributed by atoms with van der Waals surface area (Å²) >= 11 is 0. The number of hydrogen-bond acceptors (Lipinski definition) is 2. The summed E-state index contributed by atoms with van der Waals surface area (Å²) in [6.07, 6.45) is -3.40. The molecule has 1 aromatic heterocycles. The van der Waals surface area contributed by atoms with E-state index in [1.165, 1.54) is 24.8 Å². The van der Waals surface area contributed by atoms with Gasteiger partial charge in [0.25, 0.3) is 0 Å². The van der Waals surface area contributed by atoms with E-state index in [1.54, 1.807) is 0 Å². The molecule has 21 heavy (non-hydrogen) atoms. The van der Waals surface area contributed by atoms with E-state index < -0.39 is 23.6 Å². The van der Waals surface area contributed by atoms with Gasteiger partial charge in [-0.3, -0.25) is 4.90 Å². The Labute approximate surface area is 119 Å². The van der Waals surface area contributed by atoms with Crippen molar-refractivity contribution < 1.29 is 22.4 Å². The van der Waals surface area contributed by atoms with E-state index in [2.05, 4.69) is 10.3 Å². The summed E-state index contributed by atoms with van der Waals surface area (Å²) in [5.41, 5.74) is -2.21. The Hall–Kier alpha value is -1.86. The SMILES string of the molecule is CC(C)(F)C[C@H]1CN(c2ccc(C(F)(F)F)nc2)C(=O)N1. The molecule has 116 valence electrons. The van der Waals surface area contributed by atoms with Crippen LogP contribution in [0.25, 0.3) is 0 Å². The van der Waals surface area contributed by atoms with Gasteiger partial charge in [0, 0.05) is 13.0 Å². The standard InChI is InChI=1S/C13H15F4N3O/c1-12(2,14)5-8-7-20(11(21)19-8)9-3-4-10(18-6-9)13(15,16)17/h3-4,6,8H,5,7H2,1-2H3,(H,19,21)/t8-/m0/s1. The largest absolute Gasteiger partial charge is 0.433 e. The quantitative estimate of drug-likeness (QED) is 0.872. The second-order valence-electron chi connectivity index (χ2n) is 5.58. The fraction of sp³-hybridized carbons (Fsp3) is 0.538. The zero-order valence-electron chi connectivity index (χ0n) is 11.5. The normalized spacial score (nSPS) is 19.8. The van der Waals surface area contributed by atoms with E-state index in [9.17, 15) is 22.4 Å². The second-order valence-corrected chi connectivity index (χ2v) is 5.58. The third-order valence-electron chi connectivity index (χ3n) is 3.06. The first kappa shape index (κ1) is 15.5. The summed E-state index contributed by atoms with van der Waals surface area (Å²) in [6, 6.07) is 1.14. The lowest BCUT2D eigenvalue weighted by molar-refractivity contribution is -0.141. The van der Waals surface area contributed by atoms with Crippen molar-refractivity contribution in [2.24, 2.45) is 0 Å². The molecular formula is C13H15F4N3O. The summed E-state index contributed by atoms with van der Waals surface area (Å²) in [4.78, 5) is 16.4. The third-order valence-corrected chi connectivity index (χ3v) is 3.06. The molecule has 4 nitrogen and oxygen atoms in total. The van der Waals surface area contributed by atoms with Crippen molar-refractivity contribution in [2.45, 2.75) is 38.2 Å². The molecule has 8 heteroatoms. The number of nitrogens with zero attached hydrogens (tertiary/aromatic N) is 2. The lowest BCUT2D eigenvalue weighted by Crippen LogP contribution is -2.32. The molecule has 1 atom stereocenters. The maximum Gasteiger partial charge on any atom is 0.433 e. The number of rotatable bonds is 3. The van der Waals surface area contributed by atoms with Gasteiger partial charge in [-0.25, -0.2) is 14.2 Å². The van der Waals surface area contributed by atoms with E-state index in [4.69, 9.17) is 0 Å². The Morgan fingerprint density at radius 2 is 2.00 bits per heavy atom. The van der Waals surface area contributed by atoms with Crippen molar-refractivity contribution in [1.29, 1.82) is 0 Å². The molecule has 1 saturated heterocycles. The third kappa shape index (κ3) is 3.83. The number of pyridine rings is 1. The van der Waals surface area contributed by atoms with Crippen molar-refractivity contribution in [3.8, 4) is 0 Å². The van der Waals surface area contributed by atoms with Crippen molar-refractivity contribution in [3.05, 3.63) is 24.0 Å². The number of carbonyl (C=O) groups is 1. The molecule has 0 unspecified atom stereocenters. The number of urea groups is 1. The highest BCUT2D eigenvalue weighted by Gasteiger charge is 2.35. The number of anilines is 1. The molecule has 0 bridgehead atoms. The average Bonchev–Trinajstić information content (AvgIpc) is 2.66. The Balaban J connectivity index is 2.10. The van der Waals surface area contributed by atoms with Crippen LogP contribution in [0.4, 0.5) is 28.0 Å². The van der Waals surface area contributed by atoms with Gasteiger partial charge in [-0.15, -0.1) is 0 Å². The Morgan fingerprint density at radius 3 is 2.48 bits per heavy atom. The Morgan fingerprint density at radius 1 is 1.33 bits per heavy atom. The van der Waals surface area contributed by atoms with E-state index in [0.717, 1.165) is 12.3 Å². The molecule has 1 fully saturated rings. The highest BCUT2D eigenvalue weighted by Crippen LogP contribution is 2.29. The molecule has 1 N–H and O–H groups in total. The maximum absolute atomic E-state index is 13.6. The van der Waals surface area contributed by atoms with Crippen molar-refractivity contribution in [2.75, 3.05) is 11.4 Å². The van der Waals surface area contributed by atoms with Crippen LogP contribution in [0.3, 0.4) is 0 Å². The zero-order valence-corrected chi connectivity index (χ0v) is 11.5. The molecule has 1 aliphatic rings. The molecule has 2 heterocycles. The predicted octanol–water partition coefficient (Wildman–Crippen LogP) is 3.14. The van der Waals surface area contributed by atoms with Crippen molar-refractivity contribution in [3.63, 3.8) is 0 Å². The van der Waals surface area contributed by atoms with E-state index in [1.807, 2.05) is 0 Å². The number of amides is 2. The van der Waals surface area contributed by atoms with Gasteiger partial charge in [0.15, 0.2) is 0 Å². The van der Waals surface area contributed by atoms with Gasteiger partial charge in [0.2, 0.25) is 0 Å². The lowest BCUT2D eigenvalue weighted by Gasteiger charge is -2.19. The van der Waals surface area contributed by atoms with Crippen molar-refractivity contribution >= 4 is 11.7 Å². The number of halogens is 4. The van der Waals surface area contributed by atoms with Crippen LogP contribution in [0.1, 0.15) is 26.0 Å². The fourth-order valence-electron chi connectivity index (χ4n) is 2.24. The molecule has 0 radical (unpaired) electrons. The summed E-state index contributed by atoms with van der Waals surface area (Å²) in [5, 5.41) is 2.60.